The van der Waals surface area contributed by atoms with Gasteiger partial charge >= 0.3 is 0 Å². The first-order chi connectivity index (χ1) is 9.74. The van der Waals surface area contributed by atoms with Crippen LogP contribution in [0.25, 0.3) is 0 Å². The number of carbonyl (C=O) groups excluding carboxylic acids is 1. The molecule has 1 aliphatic rings. The minimum absolute atomic E-state index is 0.0763. The fourth-order valence-corrected chi connectivity index (χ4v) is 2.60. The van der Waals surface area contributed by atoms with Crippen molar-refractivity contribution in [1.82, 2.24) is 15.5 Å². The highest BCUT2D eigenvalue weighted by Crippen LogP contribution is 2.16. The minimum Gasteiger partial charge on any atom is -0.383 e. The van der Waals surface area contributed by atoms with Gasteiger partial charge in [-0.2, -0.15) is 0 Å². The molecule has 118 valence electrons. The largest absolute Gasteiger partial charge is 0.383 e. The van der Waals surface area contributed by atoms with Crippen LogP contribution in [-0.4, -0.2) is 63.3 Å². The fourth-order valence-electron chi connectivity index (χ4n) is 2.60. The Balaban J connectivity index is 1.92. The molecule has 0 bridgehead atoms. The Hall–Kier alpha value is -0.650. The van der Waals surface area contributed by atoms with Gasteiger partial charge in [-0.05, 0) is 45.7 Å². The normalized spacial score (nSPS) is 20.0. The van der Waals surface area contributed by atoms with Gasteiger partial charge in [0.15, 0.2) is 0 Å². The van der Waals surface area contributed by atoms with Crippen LogP contribution in [0, 0.1) is 0 Å². The van der Waals surface area contributed by atoms with E-state index in [1.165, 1.54) is 38.8 Å². The van der Waals surface area contributed by atoms with Crippen molar-refractivity contribution in [2.45, 2.75) is 45.1 Å². The summed E-state index contributed by atoms with van der Waals surface area (Å²) in [6.45, 7) is 7.27. The van der Waals surface area contributed by atoms with E-state index in [0.29, 0.717) is 13.2 Å². The Bertz CT molecular complexity index is 262. The number of hydrogen-bond donors (Lipinski definition) is 2. The second-order valence-corrected chi connectivity index (χ2v) is 5.61. The van der Waals surface area contributed by atoms with Crippen molar-refractivity contribution in [1.29, 1.82) is 0 Å². The Morgan fingerprint density at radius 1 is 1.30 bits per heavy atom. The predicted octanol–water partition coefficient (Wildman–Crippen LogP) is 0.993. The average Bonchev–Trinajstić information content (AvgIpc) is 2.45. The number of likely N-dealkylation sites (tertiary alicyclic amines) is 1. The van der Waals surface area contributed by atoms with E-state index in [1.54, 1.807) is 7.11 Å². The quantitative estimate of drug-likeness (QED) is 0.588. The summed E-state index contributed by atoms with van der Waals surface area (Å²) >= 11 is 0. The molecule has 1 saturated heterocycles. The fraction of sp³-hybridized carbons (Fsp3) is 0.933. The van der Waals surface area contributed by atoms with Crippen molar-refractivity contribution in [2.75, 3.05) is 46.4 Å². The lowest BCUT2D eigenvalue weighted by molar-refractivity contribution is -0.120. The Kier molecular flexibility index (Phi) is 9.62. The number of rotatable bonds is 10. The van der Waals surface area contributed by atoms with E-state index in [0.717, 1.165) is 25.6 Å². The van der Waals surface area contributed by atoms with Crippen molar-refractivity contribution in [3.63, 3.8) is 0 Å². The Morgan fingerprint density at radius 3 is 2.90 bits per heavy atom. The molecular formula is C15H31N3O2. The highest BCUT2D eigenvalue weighted by molar-refractivity contribution is 5.77. The first-order valence-corrected chi connectivity index (χ1v) is 7.94. The molecule has 1 rings (SSSR count). The maximum atomic E-state index is 11.5. The monoisotopic (exact) mass is 285 g/mol. The summed E-state index contributed by atoms with van der Waals surface area (Å²) in [5.41, 5.74) is 0. The SMILES string of the molecule is COCCNCC(=O)NCCCCN1CCCCC1C. The molecule has 1 atom stereocenters. The minimum atomic E-state index is 0.0763. The number of unbranched alkanes of at least 4 members (excludes halogenated alkanes) is 1. The zero-order valence-electron chi connectivity index (χ0n) is 13.1. The molecule has 0 aromatic heterocycles. The maximum Gasteiger partial charge on any atom is 0.233 e. The third kappa shape index (κ3) is 7.82. The van der Waals surface area contributed by atoms with Gasteiger partial charge < -0.3 is 20.3 Å². The van der Waals surface area contributed by atoms with Gasteiger partial charge in [0, 0.05) is 26.2 Å². The second kappa shape index (κ2) is 11.1. The summed E-state index contributed by atoms with van der Waals surface area (Å²) in [6, 6.07) is 0.739. The summed E-state index contributed by atoms with van der Waals surface area (Å²) in [5, 5.41) is 5.99. The lowest BCUT2D eigenvalue weighted by Crippen LogP contribution is -2.38. The summed E-state index contributed by atoms with van der Waals surface area (Å²) in [7, 11) is 1.66. The van der Waals surface area contributed by atoms with E-state index in [1.807, 2.05) is 0 Å². The van der Waals surface area contributed by atoms with E-state index in [-0.39, 0.29) is 5.91 Å². The van der Waals surface area contributed by atoms with Crippen molar-refractivity contribution in [3.05, 3.63) is 0 Å². The van der Waals surface area contributed by atoms with Crippen LogP contribution in [-0.2, 0) is 9.53 Å². The number of nitrogens with one attached hydrogen (secondary N) is 2. The van der Waals surface area contributed by atoms with E-state index in [2.05, 4.69) is 22.5 Å². The standard InChI is InChI=1S/C15H31N3O2/c1-14-7-3-5-10-18(14)11-6-4-8-17-15(19)13-16-9-12-20-2/h14,16H,3-13H2,1-2H3,(H,17,19). The van der Waals surface area contributed by atoms with Crippen LogP contribution in [0.5, 0.6) is 0 Å². The third-order valence-electron chi connectivity index (χ3n) is 3.90. The lowest BCUT2D eigenvalue weighted by atomic mass is 10.0. The predicted molar refractivity (Wildman–Crippen MR) is 81.9 cm³/mol. The molecule has 0 saturated carbocycles. The number of methoxy groups -OCH3 is 1. The number of piperidine rings is 1. The summed E-state index contributed by atoms with van der Waals surface area (Å²) in [5.74, 6) is 0.0763. The average molecular weight is 285 g/mol. The molecule has 0 aromatic rings. The van der Waals surface area contributed by atoms with Gasteiger partial charge in [-0.25, -0.2) is 0 Å². The van der Waals surface area contributed by atoms with Crippen molar-refractivity contribution in [2.24, 2.45) is 0 Å². The maximum absolute atomic E-state index is 11.5. The summed E-state index contributed by atoms with van der Waals surface area (Å²) in [4.78, 5) is 14.1. The molecule has 0 radical (unpaired) electrons. The number of nitrogens with zero attached hydrogens (tertiary/aromatic N) is 1. The van der Waals surface area contributed by atoms with Crippen LogP contribution in [0.4, 0.5) is 0 Å². The summed E-state index contributed by atoms with van der Waals surface area (Å²) < 4.78 is 4.90. The van der Waals surface area contributed by atoms with Gasteiger partial charge in [0.1, 0.15) is 0 Å². The zero-order valence-corrected chi connectivity index (χ0v) is 13.1. The number of hydrogen-bond acceptors (Lipinski definition) is 4. The molecule has 5 nitrogen and oxygen atoms in total. The van der Waals surface area contributed by atoms with E-state index >= 15 is 0 Å². The molecule has 2 N–H and O–H groups in total. The Morgan fingerprint density at radius 2 is 2.15 bits per heavy atom. The highest BCUT2D eigenvalue weighted by atomic mass is 16.5. The lowest BCUT2D eigenvalue weighted by Gasteiger charge is -2.33. The number of carbonyl (C=O) groups is 1. The van der Waals surface area contributed by atoms with Crippen molar-refractivity contribution < 1.29 is 9.53 Å². The van der Waals surface area contributed by atoms with Crippen LogP contribution < -0.4 is 10.6 Å². The van der Waals surface area contributed by atoms with Gasteiger partial charge in [-0.3, -0.25) is 4.79 Å². The van der Waals surface area contributed by atoms with E-state index in [4.69, 9.17) is 4.74 Å². The molecule has 0 spiro atoms. The second-order valence-electron chi connectivity index (χ2n) is 5.61. The van der Waals surface area contributed by atoms with Crippen molar-refractivity contribution in [3.8, 4) is 0 Å². The summed E-state index contributed by atoms with van der Waals surface area (Å²) in [6.07, 6.45) is 6.29. The number of ether oxygens (including phenoxy) is 1. The molecule has 1 aliphatic heterocycles. The molecule has 1 unspecified atom stereocenters. The Labute approximate surface area is 123 Å². The first-order valence-electron chi connectivity index (χ1n) is 7.94. The smallest absolute Gasteiger partial charge is 0.233 e. The molecule has 5 heteroatoms. The molecule has 20 heavy (non-hydrogen) atoms. The van der Waals surface area contributed by atoms with Gasteiger partial charge in [0.2, 0.25) is 5.91 Å². The van der Waals surface area contributed by atoms with Gasteiger partial charge in [0.05, 0.1) is 13.2 Å². The van der Waals surface area contributed by atoms with Crippen LogP contribution in [0.2, 0.25) is 0 Å². The molecule has 1 amide bonds. The van der Waals surface area contributed by atoms with Crippen molar-refractivity contribution >= 4 is 5.91 Å². The highest BCUT2D eigenvalue weighted by Gasteiger charge is 2.16. The first kappa shape index (κ1) is 17.4. The van der Waals surface area contributed by atoms with Crippen LogP contribution in [0.1, 0.15) is 39.0 Å². The molecule has 0 aromatic carbocycles. The molecule has 1 fully saturated rings. The van der Waals surface area contributed by atoms with Gasteiger partial charge in [-0.15, -0.1) is 0 Å². The topological polar surface area (TPSA) is 53.6 Å². The van der Waals surface area contributed by atoms with Gasteiger partial charge in [0.25, 0.3) is 0 Å². The zero-order chi connectivity index (χ0) is 14.6. The molecular weight excluding hydrogens is 254 g/mol. The molecule has 1 heterocycles. The molecule has 0 aliphatic carbocycles. The van der Waals surface area contributed by atoms with Gasteiger partial charge in [-0.1, -0.05) is 6.42 Å². The van der Waals surface area contributed by atoms with E-state index in [9.17, 15) is 4.79 Å². The third-order valence-corrected chi connectivity index (χ3v) is 3.90. The number of amides is 1. The van der Waals surface area contributed by atoms with Crippen LogP contribution in [0.15, 0.2) is 0 Å². The van der Waals surface area contributed by atoms with E-state index < -0.39 is 0 Å². The van der Waals surface area contributed by atoms with Crippen LogP contribution >= 0.6 is 0 Å². The van der Waals surface area contributed by atoms with Crippen LogP contribution in [0.3, 0.4) is 0 Å².